The van der Waals surface area contributed by atoms with Crippen molar-refractivity contribution in [3.63, 3.8) is 0 Å². The fourth-order valence-corrected chi connectivity index (χ4v) is 9.90. The third kappa shape index (κ3) is 9.56. The lowest BCUT2D eigenvalue weighted by atomic mass is 9.89. The normalized spacial score (nSPS) is 18.1. The van der Waals surface area contributed by atoms with Crippen molar-refractivity contribution >= 4 is 44.2 Å². The molecule has 2 aromatic heterocycles. The van der Waals surface area contributed by atoms with Crippen LogP contribution in [0, 0.1) is 0 Å². The highest BCUT2D eigenvalue weighted by Gasteiger charge is 2.40. The first kappa shape index (κ1) is 40.4. The van der Waals surface area contributed by atoms with Gasteiger partial charge in [-0.15, -0.1) is 0 Å². The Morgan fingerprint density at radius 3 is 2.71 bits per heavy atom. The molecule has 0 bridgehead atoms. The SMILES string of the molecule is O=C(CCOCCc1cccc(CN2CCC3(CC2)CN(c2nsc4ccccc24)CCO3)c1)N(CCNCC(O)c1ccc(O)c2[nH]c(=O)ccc12)C1CCCC1. The first-order valence-electron chi connectivity index (χ1n) is 21.0. The van der Waals surface area contributed by atoms with Crippen molar-refractivity contribution in [3.05, 3.63) is 99.8 Å². The van der Waals surface area contributed by atoms with E-state index in [0.717, 1.165) is 90.1 Å². The van der Waals surface area contributed by atoms with Crippen molar-refractivity contribution in [1.29, 1.82) is 0 Å². The van der Waals surface area contributed by atoms with Crippen molar-refractivity contribution in [2.75, 3.05) is 70.5 Å². The molecular weight excluding hydrogens is 753 g/mol. The second kappa shape index (κ2) is 18.7. The molecule has 5 aromatic rings. The van der Waals surface area contributed by atoms with Crippen molar-refractivity contribution < 1.29 is 24.5 Å². The van der Waals surface area contributed by atoms with Crippen LogP contribution in [0.2, 0.25) is 0 Å². The van der Waals surface area contributed by atoms with E-state index in [1.54, 1.807) is 23.7 Å². The number of carbonyl (C=O) groups is 1. The molecule has 1 unspecified atom stereocenters. The van der Waals surface area contributed by atoms with Crippen molar-refractivity contribution in [3.8, 4) is 5.75 Å². The minimum atomic E-state index is -0.851. The van der Waals surface area contributed by atoms with Crippen molar-refractivity contribution in [2.24, 2.45) is 0 Å². The number of aliphatic hydroxyl groups is 1. The van der Waals surface area contributed by atoms with Gasteiger partial charge in [0.05, 0.1) is 48.2 Å². The van der Waals surface area contributed by atoms with Gasteiger partial charge in [-0.05, 0) is 84.6 Å². The number of anilines is 1. The lowest BCUT2D eigenvalue weighted by molar-refractivity contribution is -0.134. The van der Waals surface area contributed by atoms with Crippen LogP contribution in [0.15, 0.2) is 77.6 Å². The zero-order valence-corrected chi connectivity index (χ0v) is 34.1. The van der Waals surface area contributed by atoms with Gasteiger partial charge in [0.25, 0.3) is 0 Å². The number of benzene rings is 3. The Balaban J connectivity index is 0.754. The number of amides is 1. The first-order valence-corrected chi connectivity index (χ1v) is 21.8. The van der Waals surface area contributed by atoms with Gasteiger partial charge in [0.1, 0.15) is 11.6 Å². The summed E-state index contributed by atoms with van der Waals surface area (Å²) in [4.78, 5) is 34.9. The number of hydrogen-bond donors (Lipinski definition) is 4. The number of ether oxygens (including phenoxy) is 2. The quantitative estimate of drug-likeness (QED) is 0.0910. The molecule has 58 heavy (non-hydrogen) atoms. The molecule has 13 heteroatoms. The summed E-state index contributed by atoms with van der Waals surface area (Å²) in [7, 11) is 0. The zero-order chi connectivity index (χ0) is 39.9. The van der Waals surface area contributed by atoms with Crippen LogP contribution in [0.5, 0.6) is 5.75 Å². The molecule has 1 atom stereocenters. The summed E-state index contributed by atoms with van der Waals surface area (Å²) in [5.41, 5.74) is 3.04. The number of phenols is 1. The second-order valence-electron chi connectivity index (χ2n) is 16.2. The van der Waals surface area contributed by atoms with Crippen molar-refractivity contribution in [2.45, 2.75) is 75.7 Å². The standard InChI is InChI=1S/C45H56N6O6S/c52-38-14-12-35(36-13-15-41(54)47-43(36)38)39(53)29-46-20-23-51(34-8-1-2-9-34)42(55)17-26-56-25-16-32-6-5-7-33(28-32)30-49-21-18-45(19-22-49)31-50(24-27-57-45)44-37-10-3-4-11-40(37)58-48-44/h3-7,10-15,28,34,39,46,52-53H,1-2,8-9,16-27,29-31H2,(H,47,54). The van der Waals surface area contributed by atoms with Crippen molar-refractivity contribution in [1.82, 2.24) is 24.5 Å². The Labute approximate surface area is 343 Å². The highest BCUT2D eigenvalue weighted by molar-refractivity contribution is 7.13. The van der Waals surface area contributed by atoms with Gasteiger partial charge in [-0.25, -0.2) is 0 Å². The number of morpholine rings is 1. The number of phenolic OH excluding ortho intramolecular Hbond substituents is 1. The molecule has 0 radical (unpaired) electrons. The minimum absolute atomic E-state index is 0.0392. The third-order valence-corrected chi connectivity index (χ3v) is 13.1. The molecule has 1 saturated carbocycles. The number of nitrogens with zero attached hydrogens (tertiary/aromatic N) is 4. The number of rotatable bonds is 16. The summed E-state index contributed by atoms with van der Waals surface area (Å²) in [5.74, 6) is 1.17. The predicted octanol–water partition coefficient (Wildman–Crippen LogP) is 5.76. The predicted molar refractivity (Wildman–Crippen MR) is 229 cm³/mol. The third-order valence-electron chi connectivity index (χ3n) is 12.3. The van der Waals surface area contributed by atoms with E-state index in [2.05, 4.69) is 68.6 Å². The molecule has 4 heterocycles. The zero-order valence-electron chi connectivity index (χ0n) is 33.2. The lowest BCUT2D eigenvalue weighted by Crippen LogP contribution is -2.57. The molecule has 3 aromatic carbocycles. The summed E-state index contributed by atoms with van der Waals surface area (Å²) < 4.78 is 18.6. The average molecular weight is 809 g/mol. The number of pyridine rings is 1. The van der Waals surface area contributed by atoms with E-state index in [4.69, 9.17) is 13.8 Å². The molecule has 8 rings (SSSR count). The number of fused-ring (bicyclic) bond motifs is 2. The summed E-state index contributed by atoms with van der Waals surface area (Å²) in [6, 6.07) is 23.7. The molecule has 3 aliphatic rings. The van der Waals surface area contributed by atoms with E-state index in [1.807, 2.05) is 4.90 Å². The number of H-pyrrole nitrogens is 1. The average Bonchev–Trinajstić information content (AvgIpc) is 3.93. The van der Waals surface area contributed by atoms with Gasteiger partial charge < -0.3 is 39.8 Å². The van der Waals surface area contributed by atoms with Gasteiger partial charge in [0.2, 0.25) is 11.5 Å². The largest absolute Gasteiger partial charge is 0.506 e. The number of aliphatic hydroxyl groups excluding tert-OH is 1. The van der Waals surface area contributed by atoms with E-state index in [-0.39, 0.29) is 35.4 Å². The summed E-state index contributed by atoms with van der Waals surface area (Å²) >= 11 is 1.58. The topological polar surface area (TPSA) is 143 Å². The van der Waals surface area contributed by atoms with Crippen LogP contribution in [-0.2, 0) is 27.2 Å². The van der Waals surface area contributed by atoms with E-state index < -0.39 is 6.10 Å². The highest BCUT2D eigenvalue weighted by Crippen LogP contribution is 2.36. The maximum atomic E-state index is 13.5. The number of carbonyl (C=O) groups excluding carboxylic acids is 1. The van der Waals surface area contributed by atoms with Gasteiger partial charge >= 0.3 is 0 Å². The van der Waals surface area contributed by atoms with Crippen LogP contribution < -0.4 is 15.8 Å². The van der Waals surface area contributed by atoms with Crippen LogP contribution in [0.1, 0.15) is 67.7 Å². The van der Waals surface area contributed by atoms with E-state index in [0.29, 0.717) is 49.2 Å². The number of nitrogens with one attached hydrogen (secondary N) is 2. The summed E-state index contributed by atoms with van der Waals surface area (Å²) in [6.07, 6.45) is 6.60. The molecule has 4 N–H and O–H groups in total. The number of hydrogen-bond acceptors (Lipinski definition) is 11. The summed E-state index contributed by atoms with van der Waals surface area (Å²) in [6.45, 7) is 7.75. The molecule has 12 nitrogen and oxygen atoms in total. The first-order chi connectivity index (χ1) is 28.3. The van der Waals surface area contributed by atoms with Gasteiger partial charge in [0, 0.05) is 75.2 Å². The maximum absolute atomic E-state index is 13.5. The molecule has 1 spiro atoms. The maximum Gasteiger partial charge on any atom is 0.248 e. The Morgan fingerprint density at radius 1 is 1.02 bits per heavy atom. The van der Waals surface area contributed by atoms with Gasteiger partial charge in [-0.3, -0.25) is 14.5 Å². The summed E-state index contributed by atoms with van der Waals surface area (Å²) in [5, 5.41) is 26.3. The molecule has 1 aliphatic carbocycles. The Kier molecular flexibility index (Phi) is 13.0. The number of aromatic hydroxyl groups is 1. The van der Waals surface area contributed by atoms with Crippen LogP contribution in [0.25, 0.3) is 21.0 Å². The smallest absolute Gasteiger partial charge is 0.248 e. The molecule has 2 aliphatic heterocycles. The molecule has 1 amide bonds. The highest BCUT2D eigenvalue weighted by atomic mass is 32.1. The van der Waals surface area contributed by atoms with E-state index in [1.165, 1.54) is 33.3 Å². The fourth-order valence-electron chi connectivity index (χ4n) is 9.11. The van der Waals surface area contributed by atoms with Gasteiger partial charge in [-0.1, -0.05) is 55.3 Å². The number of piperidine rings is 1. The van der Waals surface area contributed by atoms with E-state index in [9.17, 15) is 19.8 Å². The number of likely N-dealkylation sites (tertiary alicyclic amines) is 1. The second-order valence-corrected chi connectivity index (χ2v) is 17.0. The molecule has 3 fully saturated rings. The molecular formula is C45H56N6O6S. The Hall–Kier alpha value is -4.37. The Bertz CT molecular complexity index is 2210. The van der Waals surface area contributed by atoms with Crippen LogP contribution in [0.3, 0.4) is 0 Å². The number of aromatic amines is 1. The van der Waals surface area contributed by atoms with Crippen LogP contribution >= 0.6 is 11.5 Å². The van der Waals surface area contributed by atoms with Gasteiger partial charge in [0.15, 0.2) is 0 Å². The van der Waals surface area contributed by atoms with Crippen LogP contribution in [-0.4, -0.2) is 113 Å². The lowest BCUT2D eigenvalue weighted by Gasteiger charge is -2.47. The molecule has 308 valence electrons. The molecule has 2 saturated heterocycles. The minimum Gasteiger partial charge on any atom is -0.506 e. The van der Waals surface area contributed by atoms with Crippen LogP contribution in [0.4, 0.5) is 5.82 Å². The number of aromatic nitrogens is 2. The Morgan fingerprint density at radius 2 is 1.84 bits per heavy atom. The van der Waals surface area contributed by atoms with Gasteiger partial charge in [-0.2, -0.15) is 4.37 Å². The fraction of sp³-hybridized carbons (Fsp3) is 0.489. The monoisotopic (exact) mass is 808 g/mol. The van der Waals surface area contributed by atoms with E-state index >= 15 is 0 Å².